The van der Waals surface area contributed by atoms with Crippen LogP contribution in [-0.2, 0) is 20.9 Å². The van der Waals surface area contributed by atoms with Crippen molar-refractivity contribution in [2.24, 2.45) is 0 Å². The molecule has 1 heterocycles. The maximum Gasteiger partial charge on any atom is 0.308 e. The highest BCUT2D eigenvalue weighted by Gasteiger charge is 2.28. The van der Waals surface area contributed by atoms with Crippen LogP contribution in [0.2, 0.25) is 0 Å². The minimum absolute atomic E-state index is 0.00639. The van der Waals surface area contributed by atoms with E-state index in [1.807, 2.05) is 43.3 Å². The third kappa shape index (κ3) is 4.65. The molecule has 1 atom stereocenters. The lowest BCUT2D eigenvalue weighted by Crippen LogP contribution is -2.13. The number of ether oxygens (including phenoxy) is 2. The predicted octanol–water partition coefficient (Wildman–Crippen LogP) is 6.35. The van der Waals surface area contributed by atoms with E-state index in [2.05, 4.69) is 30.6 Å². The molecule has 0 amide bonds. The van der Waals surface area contributed by atoms with Crippen LogP contribution in [0.5, 0.6) is 5.75 Å². The van der Waals surface area contributed by atoms with E-state index in [0.717, 1.165) is 50.9 Å². The molecular formula is C29H32N2O4. The third-order valence-corrected chi connectivity index (χ3v) is 6.48. The molecule has 0 saturated heterocycles. The monoisotopic (exact) mass is 472 g/mol. The number of carbonyl (C=O) groups is 2. The molecule has 0 aliphatic heterocycles. The van der Waals surface area contributed by atoms with Gasteiger partial charge in [-0.15, -0.1) is 0 Å². The molecule has 1 aliphatic carbocycles. The molecule has 0 spiro atoms. The largest absolute Gasteiger partial charge is 0.497 e. The molecule has 1 aromatic heterocycles. The number of nitrogens with zero attached hydrogens (tertiary/aromatic N) is 2. The number of allylic oxidation sites excluding steroid dienone is 5. The molecule has 2 aromatic carbocycles. The van der Waals surface area contributed by atoms with Crippen LogP contribution >= 0.6 is 0 Å². The van der Waals surface area contributed by atoms with Crippen LogP contribution in [0, 0.1) is 0 Å². The Balaban J connectivity index is 2.09. The Morgan fingerprint density at radius 2 is 1.80 bits per heavy atom. The highest BCUT2D eigenvalue weighted by atomic mass is 16.5. The molecule has 0 unspecified atom stereocenters. The molecule has 0 fully saturated rings. The van der Waals surface area contributed by atoms with Gasteiger partial charge in [0.25, 0.3) is 0 Å². The smallest absolute Gasteiger partial charge is 0.308 e. The second-order valence-electron chi connectivity index (χ2n) is 9.33. The fourth-order valence-corrected chi connectivity index (χ4v) is 4.65. The minimum Gasteiger partial charge on any atom is -0.497 e. The van der Waals surface area contributed by atoms with Crippen molar-refractivity contribution in [3.05, 3.63) is 71.3 Å². The lowest BCUT2D eigenvalue weighted by atomic mass is 9.90. The number of methoxy groups -OCH3 is 1. The van der Waals surface area contributed by atoms with Crippen LogP contribution in [0.25, 0.3) is 21.8 Å². The third-order valence-electron chi connectivity index (χ3n) is 6.48. The van der Waals surface area contributed by atoms with E-state index in [4.69, 9.17) is 14.5 Å². The molecule has 0 radical (unpaired) electrons. The van der Waals surface area contributed by atoms with Crippen LogP contribution in [0.3, 0.4) is 0 Å². The zero-order valence-corrected chi connectivity index (χ0v) is 21.2. The topological polar surface area (TPSA) is 70.4 Å². The molecule has 6 nitrogen and oxygen atoms in total. The Kier molecular flexibility index (Phi) is 6.92. The maximum absolute atomic E-state index is 12.6. The molecule has 0 saturated carbocycles. The van der Waals surface area contributed by atoms with Crippen LogP contribution in [-0.4, -0.2) is 28.4 Å². The normalized spacial score (nSPS) is 14.6. The predicted molar refractivity (Wildman–Crippen MR) is 139 cm³/mol. The van der Waals surface area contributed by atoms with Crippen LogP contribution in [0.4, 0.5) is 0 Å². The van der Waals surface area contributed by atoms with Crippen molar-refractivity contribution in [2.45, 2.75) is 59.4 Å². The number of carbonyl (C=O) groups excluding carboxylic acids is 2. The van der Waals surface area contributed by atoms with Crippen molar-refractivity contribution in [3.63, 3.8) is 0 Å². The second-order valence-corrected chi connectivity index (χ2v) is 9.33. The van der Waals surface area contributed by atoms with Crippen LogP contribution < -0.4 is 4.74 Å². The number of aromatic nitrogens is 2. The molecular weight excluding hydrogens is 440 g/mol. The fraction of sp³-hybridized carbons (Fsp3) is 0.345. The van der Waals surface area contributed by atoms with Crippen LogP contribution in [0.1, 0.15) is 64.3 Å². The second kappa shape index (κ2) is 9.90. The number of hydrogen-bond acceptors (Lipinski definition) is 5. The van der Waals surface area contributed by atoms with Gasteiger partial charge in [-0.25, -0.2) is 4.98 Å². The van der Waals surface area contributed by atoms with Gasteiger partial charge in [-0.05, 0) is 36.5 Å². The van der Waals surface area contributed by atoms with E-state index in [1.54, 1.807) is 14.0 Å². The summed E-state index contributed by atoms with van der Waals surface area (Å²) in [5, 5.41) is 1.82. The van der Waals surface area contributed by atoms with E-state index >= 15 is 0 Å². The summed E-state index contributed by atoms with van der Waals surface area (Å²) >= 11 is 0. The zero-order valence-electron chi connectivity index (χ0n) is 21.2. The first kappa shape index (κ1) is 24.5. The first-order valence-corrected chi connectivity index (χ1v) is 12.0. The van der Waals surface area contributed by atoms with Crippen molar-refractivity contribution in [1.29, 1.82) is 0 Å². The molecule has 0 bridgehead atoms. The summed E-state index contributed by atoms with van der Waals surface area (Å²) < 4.78 is 13.4. The number of ketones is 1. The Morgan fingerprint density at radius 3 is 2.43 bits per heavy atom. The van der Waals surface area contributed by atoms with E-state index in [1.165, 1.54) is 6.92 Å². The Morgan fingerprint density at radius 1 is 1.09 bits per heavy atom. The Labute approximate surface area is 205 Å². The number of esters is 1. The van der Waals surface area contributed by atoms with Gasteiger partial charge in [-0.2, -0.15) is 0 Å². The quantitative estimate of drug-likeness (QED) is 0.296. The Bertz CT molecular complexity index is 1410. The highest BCUT2D eigenvalue weighted by molar-refractivity contribution is 6.11. The van der Waals surface area contributed by atoms with Crippen molar-refractivity contribution < 1.29 is 19.1 Å². The van der Waals surface area contributed by atoms with Crippen molar-refractivity contribution in [1.82, 2.24) is 9.55 Å². The van der Waals surface area contributed by atoms with Gasteiger partial charge in [0.15, 0.2) is 5.75 Å². The molecule has 35 heavy (non-hydrogen) atoms. The average molecular weight is 473 g/mol. The zero-order chi connectivity index (χ0) is 25.3. The summed E-state index contributed by atoms with van der Waals surface area (Å²) in [7, 11) is 1.66. The Hall–Kier alpha value is -3.67. The van der Waals surface area contributed by atoms with Gasteiger partial charge >= 0.3 is 5.97 Å². The van der Waals surface area contributed by atoms with Gasteiger partial charge in [0.05, 0.1) is 7.11 Å². The van der Waals surface area contributed by atoms with Crippen molar-refractivity contribution in [2.75, 3.05) is 7.11 Å². The number of imidazole rings is 1. The van der Waals surface area contributed by atoms with Crippen molar-refractivity contribution in [3.8, 4) is 5.75 Å². The van der Waals surface area contributed by atoms with Gasteiger partial charge in [-0.1, -0.05) is 57.2 Å². The number of rotatable bonds is 7. The molecule has 0 N–H and O–H groups in total. The lowest BCUT2D eigenvalue weighted by molar-refractivity contribution is -0.132. The summed E-state index contributed by atoms with van der Waals surface area (Å²) in [4.78, 5) is 30.0. The fourth-order valence-electron chi connectivity index (χ4n) is 4.65. The molecule has 182 valence electrons. The van der Waals surface area contributed by atoms with Crippen molar-refractivity contribution >= 4 is 33.6 Å². The van der Waals surface area contributed by atoms with E-state index < -0.39 is 11.9 Å². The standard InChI is InChI=1S/C29H32N2O4/c1-17(2)29-30-26-24-13-8-7-12-23(24)25(18(3)19(4)32)28(35-20(5)33)27(26)31(29)16-21-10-9-11-22(34-6)15-14-21/h7-9,11-15,17-18H,10,16H2,1-6H3/t18-/m1/s1. The van der Waals surface area contributed by atoms with E-state index in [9.17, 15) is 9.59 Å². The summed E-state index contributed by atoms with van der Waals surface area (Å²) in [6, 6.07) is 7.90. The highest BCUT2D eigenvalue weighted by Crippen LogP contribution is 2.43. The summed E-state index contributed by atoms with van der Waals surface area (Å²) in [6.07, 6.45) is 8.82. The van der Waals surface area contributed by atoms with E-state index in [0.29, 0.717) is 12.3 Å². The summed E-state index contributed by atoms with van der Waals surface area (Å²) in [6.45, 7) is 9.61. The lowest BCUT2D eigenvalue weighted by Gasteiger charge is -2.20. The molecule has 6 heteroatoms. The SMILES string of the molecule is COC1=CC=C(Cn2c(C(C)C)nc3c4ccccc4c([C@H](C)C(C)=O)c(OC(C)=O)c32)CC=C1. The first-order valence-electron chi connectivity index (χ1n) is 12.0. The number of hydrogen-bond donors (Lipinski definition) is 0. The summed E-state index contributed by atoms with van der Waals surface area (Å²) in [5.41, 5.74) is 3.41. The summed E-state index contributed by atoms with van der Waals surface area (Å²) in [5.74, 6) is 1.38. The average Bonchev–Trinajstić information content (AvgIpc) is 3.04. The minimum atomic E-state index is -0.447. The van der Waals surface area contributed by atoms with Gasteiger partial charge in [-0.3, -0.25) is 9.59 Å². The maximum atomic E-state index is 12.6. The molecule has 4 rings (SSSR count). The van der Waals surface area contributed by atoms with Gasteiger partial charge in [0, 0.05) is 36.3 Å². The number of benzene rings is 2. The molecule has 1 aliphatic rings. The molecule has 3 aromatic rings. The van der Waals surface area contributed by atoms with Gasteiger partial charge < -0.3 is 14.0 Å². The van der Waals surface area contributed by atoms with Gasteiger partial charge in [0.1, 0.15) is 28.4 Å². The number of fused-ring (bicyclic) bond motifs is 3. The van der Waals surface area contributed by atoms with Crippen LogP contribution in [0.15, 0.2) is 59.9 Å². The van der Waals surface area contributed by atoms with Gasteiger partial charge in [0.2, 0.25) is 0 Å². The van der Waals surface area contributed by atoms with E-state index in [-0.39, 0.29) is 11.7 Å². The first-order chi connectivity index (χ1) is 16.7. The number of Topliss-reactive ketones (excluding diaryl/α,β-unsaturated/α-hetero) is 1.